The summed E-state index contributed by atoms with van der Waals surface area (Å²) in [5, 5.41) is 10.8. The molecule has 0 aromatic rings. The molecule has 0 aliphatic heterocycles. The average molecular weight is 234 g/mol. The first kappa shape index (κ1) is 12.6. The van der Waals surface area contributed by atoms with Crippen molar-refractivity contribution in [1.29, 1.82) is 0 Å². The topological polar surface area (TPSA) is 37.3 Å². The van der Waals surface area contributed by atoms with Crippen molar-refractivity contribution in [3.05, 3.63) is 22.8 Å². The Hall–Kier alpha value is -0.890. The van der Waals surface area contributed by atoms with Gasteiger partial charge in [0.25, 0.3) is 0 Å². The van der Waals surface area contributed by atoms with E-state index in [1.54, 1.807) is 6.08 Å². The molecule has 0 bridgehead atoms. The Morgan fingerprint density at radius 3 is 2.71 bits per heavy atom. The van der Waals surface area contributed by atoms with E-state index in [4.69, 9.17) is 0 Å². The van der Waals surface area contributed by atoms with Gasteiger partial charge in [-0.05, 0) is 69.1 Å². The number of allylic oxidation sites excluding steroid dienone is 3. The Morgan fingerprint density at radius 2 is 2.12 bits per heavy atom. The number of hydrogen-bond donors (Lipinski definition) is 1. The van der Waals surface area contributed by atoms with Crippen LogP contribution in [0.25, 0.3) is 0 Å². The first-order valence-corrected chi connectivity index (χ1v) is 6.48. The number of carbonyl (C=O) groups excluding carboxylic acids is 1. The summed E-state index contributed by atoms with van der Waals surface area (Å²) in [6.07, 6.45) is 4.23. The predicted octanol–water partition coefficient (Wildman–Crippen LogP) is 3.02. The molecule has 1 fully saturated rings. The van der Waals surface area contributed by atoms with Crippen molar-refractivity contribution in [3.8, 4) is 0 Å². The second-order valence-corrected chi connectivity index (χ2v) is 5.92. The van der Waals surface area contributed by atoms with Crippen molar-refractivity contribution in [1.82, 2.24) is 0 Å². The van der Waals surface area contributed by atoms with Crippen molar-refractivity contribution in [2.45, 2.75) is 52.6 Å². The van der Waals surface area contributed by atoms with Gasteiger partial charge in [0.15, 0.2) is 5.78 Å². The Kier molecular flexibility index (Phi) is 3.03. The minimum Gasteiger partial charge on any atom is -0.385 e. The molecule has 0 radical (unpaired) electrons. The predicted molar refractivity (Wildman–Crippen MR) is 68.6 cm³/mol. The van der Waals surface area contributed by atoms with Crippen molar-refractivity contribution >= 4 is 5.78 Å². The molecule has 94 valence electrons. The summed E-state index contributed by atoms with van der Waals surface area (Å²) in [4.78, 5) is 12.1. The Bertz CT molecular complexity index is 413. The summed E-state index contributed by atoms with van der Waals surface area (Å²) < 4.78 is 0. The maximum absolute atomic E-state index is 12.1. The van der Waals surface area contributed by atoms with Gasteiger partial charge >= 0.3 is 0 Å². The number of aliphatic hydroxyl groups is 1. The van der Waals surface area contributed by atoms with Gasteiger partial charge in [0.05, 0.1) is 5.60 Å². The minimum absolute atomic E-state index is 0.0949. The average Bonchev–Trinajstić information content (AvgIpc) is 2.47. The van der Waals surface area contributed by atoms with Crippen LogP contribution in [0, 0.1) is 11.8 Å². The monoisotopic (exact) mass is 234 g/mol. The van der Waals surface area contributed by atoms with E-state index in [1.165, 1.54) is 0 Å². The molecule has 1 N–H and O–H groups in total. The molecule has 2 aliphatic carbocycles. The van der Waals surface area contributed by atoms with E-state index < -0.39 is 5.60 Å². The number of hydrogen-bond acceptors (Lipinski definition) is 2. The van der Waals surface area contributed by atoms with Crippen LogP contribution in [-0.4, -0.2) is 16.5 Å². The van der Waals surface area contributed by atoms with Gasteiger partial charge in [-0.2, -0.15) is 0 Å². The fraction of sp³-hybridized carbons (Fsp3) is 0.667. The molecule has 2 nitrogen and oxygen atoms in total. The van der Waals surface area contributed by atoms with Gasteiger partial charge in [0.1, 0.15) is 0 Å². The van der Waals surface area contributed by atoms with E-state index in [0.29, 0.717) is 5.92 Å². The largest absolute Gasteiger partial charge is 0.385 e. The van der Waals surface area contributed by atoms with Crippen LogP contribution >= 0.6 is 0 Å². The molecular formula is C15H22O2. The number of carbonyl (C=O) groups is 1. The van der Waals surface area contributed by atoms with E-state index in [0.717, 1.165) is 36.0 Å². The van der Waals surface area contributed by atoms with Crippen LogP contribution in [0.3, 0.4) is 0 Å². The summed E-state index contributed by atoms with van der Waals surface area (Å²) in [6, 6.07) is 0. The highest BCUT2D eigenvalue weighted by Crippen LogP contribution is 2.49. The Morgan fingerprint density at radius 1 is 1.47 bits per heavy atom. The fourth-order valence-corrected chi connectivity index (χ4v) is 3.34. The minimum atomic E-state index is -0.744. The van der Waals surface area contributed by atoms with Crippen molar-refractivity contribution in [2.24, 2.45) is 11.8 Å². The zero-order chi connectivity index (χ0) is 12.8. The molecule has 3 unspecified atom stereocenters. The molecule has 2 heteroatoms. The summed E-state index contributed by atoms with van der Waals surface area (Å²) >= 11 is 0. The summed E-state index contributed by atoms with van der Waals surface area (Å²) in [5.41, 5.74) is 2.10. The van der Waals surface area contributed by atoms with Gasteiger partial charge in [0, 0.05) is 0 Å². The third kappa shape index (κ3) is 1.89. The van der Waals surface area contributed by atoms with Gasteiger partial charge in [-0.3, -0.25) is 4.79 Å². The third-order valence-corrected chi connectivity index (χ3v) is 4.64. The van der Waals surface area contributed by atoms with Gasteiger partial charge in [0.2, 0.25) is 0 Å². The highest BCUT2D eigenvalue weighted by atomic mass is 16.3. The molecule has 17 heavy (non-hydrogen) atoms. The van der Waals surface area contributed by atoms with Crippen molar-refractivity contribution < 1.29 is 9.90 Å². The SMILES string of the molecule is CC1=CC(=O)C(=C(C)C)CC2C(C)CCC12O. The number of ketones is 1. The van der Waals surface area contributed by atoms with Gasteiger partial charge < -0.3 is 5.11 Å². The van der Waals surface area contributed by atoms with E-state index in [-0.39, 0.29) is 11.7 Å². The van der Waals surface area contributed by atoms with Crippen LogP contribution in [0.4, 0.5) is 0 Å². The van der Waals surface area contributed by atoms with Crippen LogP contribution in [0.15, 0.2) is 22.8 Å². The standard InChI is InChI=1S/C15H22O2/c1-9(2)12-8-13-10(3)5-6-15(13,17)11(4)7-14(12)16/h7,10,13,17H,5-6,8H2,1-4H3. The first-order valence-electron chi connectivity index (χ1n) is 6.48. The lowest BCUT2D eigenvalue weighted by atomic mass is 9.79. The molecule has 2 aliphatic rings. The third-order valence-electron chi connectivity index (χ3n) is 4.64. The van der Waals surface area contributed by atoms with Crippen LogP contribution in [0.1, 0.15) is 47.0 Å². The van der Waals surface area contributed by atoms with Crippen molar-refractivity contribution in [2.75, 3.05) is 0 Å². The fourth-order valence-electron chi connectivity index (χ4n) is 3.34. The second-order valence-electron chi connectivity index (χ2n) is 5.92. The quantitative estimate of drug-likeness (QED) is 0.654. The van der Waals surface area contributed by atoms with Crippen LogP contribution in [0.2, 0.25) is 0 Å². The summed E-state index contributed by atoms with van der Waals surface area (Å²) in [5.74, 6) is 0.788. The number of rotatable bonds is 0. The second kappa shape index (κ2) is 4.09. The maximum atomic E-state index is 12.1. The van der Waals surface area contributed by atoms with Gasteiger partial charge in [-0.25, -0.2) is 0 Å². The first-order chi connectivity index (χ1) is 7.86. The molecule has 2 rings (SSSR count). The zero-order valence-electron chi connectivity index (χ0n) is 11.2. The molecule has 0 saturated heterocycles. The molecule has 0 aromatic heterocycles. The maximum Gasteiger partial charge on any atom is 0.181 e. The highest BCUT2D eigenvalue weighted by Gasteiger charge is 2.48. The van der Waals surface area contributed by atoms with Crippen LogP contribution in [0.5, 0.6) is 0 Å². The van der Waals surface area contributed by atoms with Crippen LogP contribution < -0.4 is 0 Å². The van der Waals surface area contributed by atoms with Gasteiger partial charge in [-0.1, -0.05) is 12.5 Å². The van der Waals surface area contributed by atoms with Gasteiger partial charge in [-0.15, -0.1) is 0 Å². The van der Waals surface area contributed by atoms with E-state index in [2.05, 4.69) is 6.92 Å². The van der Waals surface area contributed by atoms with Crippen LogP contribution in [-0.2, 0) is 4.79 Å². The lowest BCUT2D eigenvalue weighted by Gasteiger charge is -2.31. The molecule has 0 spiro atoms. The van der Waals surface area contributed by atoms with E-state index >= 15 is 0 Å². The molecule has 0 amide bonds. The molecule has 0 heterocycles. The molecule has 0 aromatic carbocycles. The lowest BCUT2D eigenvalue weighted by molar-refractivity contribution is -0.111. The summed E-state index contributed by atoms with van der Waals surface area (Å²) in [7, 11) is 0. The van der Waals surface area contributed by atoms with E-state index in [9.17, 15) is 9.90 Å². The summed E-state index contributed by atoms with van der Waals surface area (Å²) in [6.45, 7) is 8.06. The lowest BCUT2D eigenvalue weighted by Crippen LogP contribution is -2.35. The number of fused-ring (bicyclic) bond motifs is 1. The highest BCUT2D eigenvalue weighted by molar-refractivity contribution is 6.05. The van der Waals surface area contributed by atoms with Crippen molar-refractivity contribution in [3.63, 3.8) is 0 Å². The normalized spacial score (nSPS) is 37.6. The molecular weight excluding hydrogens is 212 g/mol. The Labute approximate surface area is 103 Å². The Balaban J connectivity index is 2.50. The molecule has 3 atom stereocenters. The molecule has 1 saturated carbocycles. The smallest absolute Gasteiger partial charge is 0.181 e. The zero-order valence-corrected chi connectivity index (χ0v) is 11.2. The van der Waals surface area contributed by atoms with E-state index in [1.807, 2.05) is 20.8 Å².